The summed E-state index contributed by atoms with van der Waals surface area (Å²) in [4.78, 5) is 0. The first-order valence-electron chi connectivity index (χ1n) is 15.2. The molecule has 43 heavy (non-hydrogen) atoms. The molecule has 0 atom stereocenters. The van der Waals surface area contributed by atoms with Gasteiger partial charge in [-0.1, -0.05) is 56.5 Å². The van der Waals surface area contributed by atoms with Gasteiger partial charge in [0.05, 0.1) is 24.7 Å². The van der Waals surface area contributed by atoms with Gasteiger partial charge in [0, 0.05) is 23.1 Å². The molecule has 1 aliphatic carbocycles. The minimum Gasteiger partial charge on any atom is -0.432 e. The smallest absolute Gasteiger partial charge is 0.400 e. The van der Waals surface area contributed by atoms with Crippen LogP contribution in [0, 0.1) is 34.8 Å². The van der Waals surface area contributed by atoms with Crippen LogP contribution in [0.4, 0.5) is 17.6 Å². The summed E-state index contributed by atoms with van der Waals surface area (Å²) in [6.07, 6.45) is 2.66. The highest BCUT2D eigenvalue weighted by Crippen LogP contribution is 2.44. The summed E-state index contributed by atoms with van der Waals surface area (Å²) in [5.41, 5.74) is 2.14. The predicted octanol–water partition coefficient (Wildman–Crippen LogP) is 9.69. The maximum absolute atomic E-state index is 15.1. The van der Waals surface area contributed by atoms with Gasteiger partial charge in [-0.3, -0.25) is 0 Å². The standard InChI is InChI=1S/C35H37F4NO3/c1-2-3-4-5-23-21-41-34(42-22-23)26-8-6-24(7-9-26)25-12-14-29(15-13-25)35(38,39)43-30-16-17-31(33(37)19-30)27-10-11-28(20-40)32(36)18-27/h6-11,16-19,23,25,29,34H,2-5,12-15,21-22H2,1H3. The first-order valence-corrected chi connectivity index (χ1v) is 15.2. The van der Waals surface area contributed by atoms with Crippen LogP contribution < -0.4 is 4.74 Å². The molecule has 4 nitrogen and oxygen atoms in total. The van der Waals surface area contributed by atoms with Crippen molar-refractivity contribution in [1.29, 1.82) is 5.26 Å². The Morgan fingerprint density at radius 1 is 0.860 bits per heavy atom. The van der Waals surface area contributed by atoms with E-state index in [4.69, 9.17) is 19.5 Å². The van der Waals surface area contributed by atoms with E-state index < -0.39 is 23.7 Å². The number of hydrogen-bond acceptors (Lipinski definition) is 4. The Hall–Kier alpha value is -3.41. The van der Waals surface area contributed by atoms with Crippen LogP contribution in [0.2, 0.25) is 0 Å². The molecule has 228 valence electrons. The second kappa shape index (κ2) is 13.9. The Kier molecular flexibility index (Phi) is 10.0. The average molecular weight is 596 g/mol. The summed E-state index contributed by atoms with van der Waals surface area (Å²) in [6.45, 7) is 3.59. The molecule has 1 heterocycles. The summed E-state index contributed by atoms with van der Waals surface area (Å²) < 4.78 is 76.0. The first-order chi connectivity index (χ1) is 20.8. The molecule has 0 radical (unpaired) electrons. The summed E-state index contributed by atoms with van der Waals surface area (Å²) in [6, 6.07) is 16.9. The molecular weight excluding hydrogens is 558 g/mol. The lowest BCUT2D eigenvalue weighted by Crippen LogP contribution is -2.37. The minimum absolute atomic E-state index is 0.0267. The van der Waals surface area contributed by atoms with Crippen LogP contribution in [0.15, 0.2) is 60.7 Å². The molecule has 0 bridgehead atoms. The Morgan fingerprint density at radius 2 is 1.56 bits per heavy atom. The molecule has 0 spiro atoms. The van der Waals surface area contributed by atoms with Gasteiger partial charge < -0.3 is 14.2 Å². The summed E-state index contributed by atoms with van der Waals surface area (Å²) in [5.74, 6) is -2.28. The van der Waals surface area contributed by atoms with Gasteiger partial charge in [-0.25, -0.2) is 8.78 Å². The highest BCUT2D eigenvalue weighted by Gasteiger charge is 2.44. The third kappa shape index (κ3) is 7.57. The number of unbranched alkanes of at least 4 members (excludes halogenated alkanes) is 2. The lowest BCUT2D eigenvalue weighted by molar-refractivity contribution is -0.222. The van der Waals surface area contributed by atoms with E-state index in [9.17, 15) is 8.78 Å². The van der Waals surface area contributed by atoms with E-state index in [0.717, 1.165) is 29.7 Å². The molecule has 3 aromatic rings. The van der Waals surface area contributed by atoms with Gasteiger partial charge in [0.25, 0.3) is 0 Å². The number of halogens is 4. The van der Waals surface area contributed by atoms with Crippen LogP contribution in [0.3, 0.4) is 0 Å². The Bertz CT molecular complexity index is 1410. The first kappa shape index (κ1) is 31.0. The molecular formula is C35H37F4NO3. The van der Waals surface area contributed by atoms with E-state index in [1.54, 1.807) is 6.07 Å². The zero-order valence-corrected chi connectivity index (χ0v) is 24.3. The molecule has 0 amide bonds. The minimum atomic E-state index is -3.46. The van der Waals surface area contributed by atoms with Crippen molar-refractivity contribution in [3.05, 3.63) is 89.0 Å². The molecule has 1 aliphatic heterocycles. The van der Waals surface area contributed by atoms with Crippen LogP contribution in [0.1, 0.15) is 87.2 Å². The molecule has 1 saturated heterocycles. The molecule has 8 heteroatoms. The zero-order valence-electron chi connectivity index (χ0n) is 24.3. The quantitative estimate of drug-likeness (QED) is 0.173. The topological polar surface area (TPSA) is 51.5 Å². The van der Waals surface area contributed by atoms with Gasteiger partial charge in [-0.15, -0.1) is 0 Å². The maximum Gasteiger partial charge on any atom is 0.400 e. The number of rotatable bonds is 10. The van der Waals surface area contributed by atoms with Crippen molar-refractivity contribution in [2.75, 3.05) is 13.2 Å². The Labute approximate surface area is 250 Å². The van der Waals surface area contributed by atoms with Crippen LogP contribution in [-0.2, 0) is 9.47 Å². The third-order valence-corrected chi connectivity index (χ3v) is 8.66. The number of ether oxygens (including phenoxy) is 3. The van der Waals surface area contributed by atoms with Crippen molar-refractivity contribution in [2.24, 2.45) is 11.8 Å². The van der Waals surface area contributed by atoms with E-state index in [2.05, 4.69) is 6.92 Å². The second-order valence-corrected chi connectivity index (χ2v) is 11.7. The molecule has 3 aromatic carbocycles. The number of alkyl halides is 2. The van der Waals surface area contributed by atoms with E-state index >= 15 is 8.78 Å². The largest absolute Gasteiger partial charge is 0.432 e. The molecule has 0 aromatic heterocycles. The fraction of sp³-hybridized carbons (Fsp3) is 0.457. The monoisotopic (exact) mass is 595 g/mol. The van der Waals surface area contributed by atoms with E-state index in [1.165, 1.54) is 43.5 Å². The molecule has 1 saturated carbocycles. The molecule has 0 unspecified atom stereocenters. The van der Waals surface area contributed by atoms with Gasteiger partial charge in [-0.05, 0) is 73.4 Å². The number of benzene rings is 3. The number of nitrogens with zero attached hydrogens (tertiary/aromatic N) is 1. The van der Waals surface area contributed by atoms with Crippen molar-refractivity contribution in [2.45, 2.75) is 76.6 Å². The lowest BCUT2D eigenvalue weighted by Gasteiger charge is -2.33. The van der Waals surface area contributed by atoms with E-state index in [0.29, 0.717) is 32.0 Å². The average Bonchev–Trinajstić information content (AvgIpc) is 3.01. The van der Waals surface area contributed by atoms with Crippen molar-refractivity contribution in [1.82, 2.24) is 0 Å². The van der Waals surface area contributed by atoms with Gasteiger partial charge >= 0.3 is 6.11 Å². The van der Waals surface area contributed by atoms with Crippen molar-refractivity contribution in [3.8, 4) is 22.9 Å². The summed E-state index contributed by atoms with van der Waals surface area (Å²) in [5, 5.41) is 8.88. The fourth-order valence-corrected chi connectivity index (χ4v) is 6.08. The SMILES string of the molecule is CCCCCC1COC(c2ccc(C3CCC(C(F)(F)Oc4ccc(-c5ccc(C#N)c(F)c5)c(F)c4)CC3)cc2)OC1. The summed E-state index contributed by atoms with van der Waals surface area (Å²) in [7, 11) is 0. The highest BCUT2D eigenvalue weighted by molar-refractivity contribution is 5.66. The van der Waals surface area contributed by atoms with E-state index in [1.807, 2.05) is 24.3 Å². The third-order valence-electron chi connectivity index (χ3n) is 8.66. The molecule has 2 fully saturated rings. The van der Waals surface area contributed by atoms with Crippen LogP contribution in [0.25, 0.3) is 11.1 Å². The van der Waals surface area contributed by atoms with Crippen molar-refractivity contribution >= 4 is 0 Å². The zero-order chi connectivity index (χ0) is 30.4. The Morgan fingerprint density at radius 3 is 2.19 bits per heavy atom. The fourth-order valence-electron chi connectivity index (χ4n) is 6.08. The van der Waals surface area contributed by atoms with Crippen molar-refractivity contribution in [3.63, 3.8) is 0 Å². The molecule has 5 rings (SSSR count). The normalized spacial score (nSPS) is 22.6. The van der Waals surface area contributed by atoms with Gasteiger partial charge in [-0.2, -0.15) is 14.0 Å². The second-order valence-electron chi connectivity index (χ2n) is 11.7. The van der Waals surface area contributed by atoms with Crippen molar-refractivity contribution < 1.29 is 31.8 Å². The molecule has 2 aliphatic rings. The van der Waals surface area contributed by atoms with Crippen LogP contribution in [-0.4, -0.2) is 19.3 Å². The summed E-state index contributed by atoms with van der Waals surface area (Å²) >= 11 is 0. The van der Waals surface area contributed by atoms with Gasteiger partial charge in [0.1, 0.15) is 23.5 Å². The number of nitriles is 1. The highest BCUT2D eigenvalue weighted by atomic mass is 19.3. The van der Waals surface area contributed by atoms with Gasteiger partial charge in [0.15, 0.2) is 6.29 Å². The number of hydrogen-bond donors (Lipinski definition) is 0. The lowest BCUT2D eigenvalue weighted by atomic mass is 9.78. The van der Waals surface area contributed by atoms with Crippen LogP contribution >= 0.6 is 0 Å². The van der Waals surface area contributed by atoms with E-state index in [-0.39, 0.29) is 47.5 Å². The maximum atomic E-state index is 15.1. The van der Waals surface area contributed by atoms with Crippen LogP contribution in [0.5, 0.6) is 5.75 Å². The predicted molar refractivity (Wildman–Crippen MR) is 156 cm³/mol. The Balaban J connectivity index is 1.13. The molecule has 0 N–H and O–H groups in total. The van der Waals surface area contributed by atoms with Gasteiger partial charge in [0.2, 0.25) is 0 Å².